The summed E-state index contributed by atoms with van der Waals surface area (Å²) in [5.41, 5.74) is 0.916. The standard InChI is InChI=1S/C13H12N2O2S/c1-8-14-10-5-3-2-4-9(10)12(15-8)18-11-6-7-17-13(11)16/h2-5,11H,6-7H2,1H3/t11-/m1/s1. The van der Waals surface area contributed by atoms with E-state index in [9.17, 15) is 4.79 Å². The van der Waals surface area contributed by atoms with E-state index in [4.69, 9.17) is 4.74 Å². The summed E-state index contributed by atoms with van der Waals surface area (Å²) in [5, 5.41) is 1.72. The third-order valence-electron chi connectivity index (χ3n) is 2.82. The van der Waals surface area contributed by atoms with E-state index in [0.717, 1.165) is 28.2 Å². The number of fused-ring (bicyclic) bond motifs is 1. The summed E-state index contributed by atoms with van der Waals surface area (Å²) in [7, 11) is 0. The number of hydrogen-bond acceptors (Lipinski definition) is 5. The van der Waals surface area contributed by atoms with Crippen molar-refractivity contribution < 1.29 is 9.53 Å². The van der Waals surface area contributed by atoms with Gasteiger partial charge in [0.05, 0.1) is 12.1 Å². The highest BCUT2D eigenvalue weighted by molar-refractivity contribution is 8.00. The van der Waals surface area contributed by atoms with E-state index in [1.54, 1.807) is 0 Å². The van der Waals surface area contributed by atoms with Crippen LogP contribution in [0.3, 0.4) is 0 Å². The summed E-state index contributed by atoms with van der Waals surface area (Å²) in [6, 6.07) is 7.85. The predicted molar refractivity (Wildman–Crippen MR) is 69.5 cm³/mol. The number of carbonyl (C=O) groups is 1. The number of para-hydroxylation sites is 1. The van der Waals surface area contributed by atoms with Crippen LogP contribution in [0.1, 0.15) is 12.2 Å². The molecule has 0 spiro atoms. The van der Waals surface area contributed by atoms with Crippen molar-refractivity contribution in [2.75, 3.05) is 6.61 Å². The number of hydrogen-bond donors (Lipinski definition) is 0. The van der Waals surface area contributed by atoms with Gasteiger partial charge in [0.15, 0.2) is 0 Å². The maximum atomic E-state index is 11.5. The van der Waals surface area contributed by atoms with Crippen LogP contribution in [0.25, 0.3) is 10.9 Å². The molecule has 0 unspecified atom stereocenters. The minimum atomic E-state index is -0.139. The lowest BCUT2D eigenvalue weighted by Gasteiger charge is -2.08. The quantitative estimate of drug-likeness (QED) is 0.613. The Kier molecular flexibility index (Phi) is 2.91. The SMILES string of the molecule is Cc1nc(S[C@@H]2CCOC2=O)c2ccccc2n1. The highest BCUT2D eigenvalue weighted by atomic mass is 32.2. The molecule has 5 heteroatoms. The minimum absolute atomic E-state index is 0.136. The zero-order chi connectivity index (χ0) is 12.5. The Morgan fingerprint density at radius 3 is 2.94 bits per heavy atom. The van der Waals surface area contributed by atoms with Gasteiger partial charge in [-0.05, 0) is 13.0 Å². The molecule has 0 N–H and O–H groups in total. The van der Waals surface area contributed by atoms with Gasteiger partial charge in [0.1, 0.15) is 16.1 Å². The maximum Gasteiger partial charge on any atom is 0.319 e. The second-order valence-corrected chi connectivity index (χ2v) is 5.35. The van der Waals surface area contributed by atoms with Crippen molar-refractivity contribution in [1.29, 1.82) is 0 Å². The van der Waals surface area contributed by atoms with E-state index in [2.05, 4.69) is 9.97 Å². The molecule has 0 bridgehead atoms. The molecule has 1 aliphatic rings. The number of benzene rings is 1. The maximum absolute atomic E-state index is 11.5. The van der Waals surface area contributed by atoms with Gasteiger partial charge in [-0.3, -0.25) is 4.79 Å². The van der Waals surface area contributed by atoms with Crippen molar-refractivity contribution in [3.05, 3.63) is 30.1 Å². The summed E-state index contributed by atoms with van der Waals surface area (Å²) < 4.78 is 4.98. The molecule has 92 valence electrons. The second-order valence-electron chi connectivity index (χ2n) is 4.16. The van der Waals surface area contributed by atoms with Crippen LogP contribution in [0.5, 0.6) is 0 Å². The first-order valence-corrected chi connectivity index (χ1v) is 6.69. The van der Waals surface area contributed by atoms with Crippen LogP contribution in [0.2, 0.25) is 0 Å². The van der Waals surface area contributed by atoms with Gasteiger partial charge in [0.2, 0.25) is 0 Å². The van der Waals surface area contributed by atoms with Crippen molar-refractivity contribution >= 4 is 28.6 Å². The Hall–Kier alpha value is -1.62. The molecule has 2 aromatic rings. The van der Waals surface area contributed by atoms with Gasteiger partial charge in [0, 0.05) is 11.8 Å². The van der Waals surface area contributed by atoms with Gasteiger partial charge >= 0.3 is 5.97 Å². The first-order valence-electron chi connectivity index (χ1n) is 5.81. The first kappa shape index (κ1) is 11.5. The number of thioether (sulfide) groups is 1. The van der Waals surface area contributed by atoms with Crippen LogP contribution in [-0.4, -0.2) is 27.8 Å². The Labute approximate surface area is 109 Å². The Morgan fingerprint density at radius 2 is 2.17 bits per heavy atom. The molecule has 0 radical (unpaired) electrons. The number of esters is 1. The largest absolute Gasteiger partial charge is 0.465 e. The number of ether oxygens (including phenoxy) is 1. The van der Waals surface area contributed by atoms with Gasteiger partial charge < -0.3 is 4.74 Å². The minimum Gasteiger partial charge on any atom is -0.465 e. The molecule has 0 saturated carbocycles. The summed E-state index contributed by atoms with van der Waals surface area (Å²) in [5.74, 6) is 0.586. The number of aromatic nitrogens is 2. The Bertz CT molecular complexity index is 615. The number of rotatable bonds is 2. The van der Waals surface area contributed by atoms with Gasteiger partial charge in [-0.25, -0.2) is 9.97 Å². The van der Waals surface area contributed by atoms with Gasteiger partial charge in [-0.2, -0.15) is 0 Å². The summed E-state index contributed by atoms with van der Waals surface area (Å²) in [4.78, 5) is 20.3. The third kappa shape index (κ3) is 2.06. The van der Waals surface area contributed by atoms with E-state index in [1.807, 2.05) is 31.2 Å². The zero-order valence-corrected chi connectivity index (χ0v) is 10.7. The molecule has 1 aromatic carbocycles. The zero-order valence-electron chi connectivity index (χ0n) is 9.92. The molecule has 4 nitrogen and oxygen atoms in total. The molecule has 1 saturated heterocycles. The fourth-order valence-electron chi connectivity index (χ4n) is 1.97. The Balaban J connectivity index is 2.02. The smallest absolute Gasteiger partial charge is 0.319 e. The molecule has 1 fully saturated rings. The number of aryl methyl sites for hydroxylation is 1. The first-order chi connectivity index (χ1) is 8.74. The van der Waals surface area contributed by atoms with E-state index in [-0.39, 0.29) is 11.2 Å². The highest BCUT2D eigenvalue weighted by Gasteiger charge is 2.28. The lowest BCUT2D eigenvalue weighted by Crippen LogP contribution is -2.10. The number of nitrogens with zero attached hydrogens (tertiary/aromatic N) is 2. The van der Waals surface area contributed by atoms with Crippen LogP contribution in [-0.2, 0) is 9.53 Å². The van der Waals surface area contributed by atoms with Crippen LogP contribution >= 0.6 is 11.8 Å². The molecule has 3 rings (SSSR count). The van der Waals surface area contributed by atoms with Crippen molar-refractivity contribution in [2.24, 2.45) is 0 Å². The molecule has 1 aliphatic heterocycles. The van der Waals surface area contributed by atoms with E-state index >= 15 is 0 Å². The second kappa shape index (κ2) is 4.57. The van der Waals surface area contributed by atoms with E-state index < -0.39 is 0 Å². The van der Waals surface area contributed by atoms with Gasteiger partial charge in [0.25, 0.3) is 0 Å². The topological polar surface area (TPSA) is 52.1 Å². The summed E-state index contributed by atoms with van der Waals surface area (Å²) >= 11 is 1.48. The number of carbonyl (C=O) groups excluding carboxylic acids is 1. The van der Waals surface area contributed by atoms with E-state index in [0.29, 0.717) is 6.61 Å². The normalized spacial score (nSPS) is 19.2. The van der Waals surface area contributed by atoms with E-state index in [1.165, 1.54) is 11.8 Å². The molecular weight excluding hydrogens is 248 g/mol. The lowest BCUT2D eigenvalue weighted by molar-refractivity contribution is -0.137. The predicted octanol–water partition coefficient (Wildman–Crippen LogP) is 2.35. The summed E-state index contributed by atoms with van der Waals surface area (Å²) in [6.07, 6.45) is 0.751. The van der Waals surface area contributed by atoms with Crippen LogP contribution in [0, 0.1) is 6.92 Å². The summed E-state index contributed by atoms with van der Waals surface area (Å²) in [6.45, 7) is 2.38. The number of cyclic esters (lactones) is 1. The molecule has 1 aromatic heterocycles. The fraction of sp³-hybridized carbons (Fsp3) is 0.308. The average Bonchev–Trinajstić information content (AvgIpc) is 2.75. The molecule has 2 heterocycles. The van der Waals surface area contributed by atoms with Crippen LogP contribution in [0.4, 0.5) is 0 Å². The van der Waals surface area contributed by atoms with Gasteiger partial charge in [-0.1, -0.05) is 30.0 Å². The van der Waals surface area contributed by atoms with Crippen LogP contribution in [0.15, 0.2) is 29.3 Å². The lowest BCUT2D eigenvalue weighted by atomic mass is 10.2. The highest BCUT2D eigenvalue weighted by Crippen LogP contribution is 2.32. The monoisotopic (exact) mass is 260 g/mol. The van der Waals surface area contributed by atoms with Crippen molar-refractivity contribution in [3.63, 3.8) is 0 Å². The van der Waals surface area contributed by atoms with Crippen molar-refractivity contribution in [3.8, 4) is 0 Å². The average molecular weight is 260 g/mol. The molecule has 0 amide bonds. The van der Waals surface area contributed by atoms with Crippen molar-refractivity contribution in [2.45, 2.75) is 23.6 Å². The molecule has 1 atom stereocenters. The van der Waals surface area contributed by atoms with Gasteiger partial charge in [-0.15, -0.1) is 0 Å². The van der Waals surface area contributed by atoms with Crippen LogP contribution < -0.4 is 0 Å². The molecule has 18 heavy (non-hydrogen) atoms. The third-order valence-corrected chi connectivity index (χ3v) is 4.07. The molecular formula is C13H12N2O2S. The Morgan fingerprint density at radius 1 is 1.33 bits per heavy atom. The van der Waals surface area contributed by atoms with Crippen molar-refractivity contribution in [1.82, 2.24) is 9.97 Å². The molecule has 0 aliphatic carbocycles. The fourth-order valence-corrected chi connectivity index (χ4v) is 3.10.